The fourth-order valence-corrected chi connectivity index (χ4v) is 3.26. The number of carbonyl (C=O) groups is 2. The Morgan fingerprint density at radius 1 is 1.03 bits per heavy atom. The molecular formula is C25H34N2O3. The molecule has 0 aliphatic rings. The van der Waals surface area contributed by atoms with Crippen LogP contribution in [0, 0.1) is 6.92 Å². The Kier molecular flexibility index (Phi) is 9.92. The second-order valence-corrected chi connectivity index (χ2v) is 7.49. The van der Waals surface area contributed by atoms with E-state index in [0.29, 0.717) is 39.0 Å². The Balaban J connectivity index is 1.99. The number of hydrogen-bond donors (Lipinski definition) is 1. The van der Waals surface area contributed by atoms with Crippen molar-refractivity contribution >= 4 is 11.8 Å². The first-order valence-corrected chi connectivity index (χ1v) is 10.9. The molecule has 0 aliphatic carbocycles. The quantitative estimate of drug-likeness (QED) is 0.525. The molecule has 1 atom stereocenters. The number of rotatable bonds is 12. The van der Waals surface area contributed by atoms with Crippen LogP contribution in [0.1, 0.15) is 50.7 Å². The summed E-state index contributed by atoms with van der Waals surface area (Å²) >= 11 is 0. The van der Waals surface area contributed by atoms with Gasteiger partial charge in [-0.25, -0.2) is 0 Å². The molecule has 0 spiro atoms. The number of carbonyl (C=O) groups excluding carboxylic acids is 2. The van der Waals surface area contributed by atoms with Gasteiger partial charge in [-0.05, 0) is 43.9 Å². The Labute approximate surface area is 180 Å². The molecule has 2 amide bonds. The lowest BCUT2D eigenvalue weighted by Crippen LogP contribution is -2.49. The number of amides is 2. The summed E-state index contributed by atoms with van der Waals surface area (Å²) < 4.78 is 5.75. The Bertz CT molecular complexity index is 775. The van der Waals surface area contributed by atoms with Crippen LogP contribution in [-0.4, -0.2) is 35.9 Å². The molecule has 2 aromatic carbocycles. The van der Waals surface area contributed by atoms with E-state index in [4.69, 9.17) is 4.74 Å². The lowest BCUT2D eigenvalue weighted by molar-refractivity contribution is -0.141. The van der Waals surface area contributed by atoms with Crippen LogP contribution in [0.2, 0.25) is 0 Å². The lowest BCUT2D eigenvalue weighted by Gasteiger charge is -2.30. The molecule has 5 heteroatoms. The monoisotopic (exact) mass is 410 g/mol. The fraction of sp³-hybridized carbons (Fsp3) is 0.440. The van der Waals surface area contributed by atoms with Crippen LogP contribution >= 0.6 is 0 Å². The Morgan fingerprint density at radius 3 is 2.37 bits per heavy atom. The first-order valence-electron chi connectivity index (χ1n) is 10.9. The molecule has 2 aromatic rings. The molecule has 2 rings (SSSR count). The Morgan fingerprint density at radius 2 is 1.73 bits per heavy atom. The van der Waals surface area contributed by atoms with E-state index in [1.165, 1.54) is 5.56 Å². The van der Waals surface area contributed by atoms with Crippen molar-refractivity contribution in [3.63, 3.8) is 0 Å². The number of nitrogens with one attached hydrogen (secondary N) is 1. The number of hydrogen-bond acceptors (Lipinski definition) is 3. The molecule has 1 unspecified atom stereocenters. The number of aryl methyl sites for hydroxylation is 1. The van der Waals surface area contributed by atoms with Gasteiger partial charge in [0.1, 0.15) is 11.8 Å². The fourth-order valence-electron chi connectivity index (χ4n) is 3.26. The van der Waals surface area contributed by atoms with E-state index in [2.05, 4.69) is 5.32 Å². The predicted molar refractivity (Wildman–Crippen MR) is 120 cm³/mol. The van der Waals surface area contributed by atoms with Crippen LogP contribution in [0.25, 0.3) is 0 Å². The highest BCUT2D eigenvalue weighted by atomic mass is 16.5. The third kappa shape index (κ3) is 7.54. The molecular weight excluding hydrogens is 376 g/mol. The van der Waals surface area contributed by atoms with Crippen molar-refractivity contribution in [1.82, 2.24) is 10.2 Å². The summed E-state index contributed by atoms with van der Waals surface area (Å²) in [6.45, 7) is 7.51. The molecule has 5 nitrogen and oxygen atoms in total. The van der Waals surface area contributed by atoms with Crippen molar-refractivity contribution in [1.29, 1.82) is 0 Å². The van der Waals surface area contributed by atoms with Gasteiger partial charge in [-0.2, -0.15) is 0 Å². The second kappa shape index (κ2) is 12.7. The predicted octanol–water partition coefficient (Wildman–Crippen LogP) is 4.49. The van der Waals surface area contributed by atoms with Crippen LogP contribution in [0.3, 0.4) is 0 Å². The minimum Gasteiger partial charge on any atom is -0.494 e. The highest BCUT2D eigenvalue weighted by Crippen LogP contribution is 2.15. The van der Waals surface area contributed by atoms with Crippen LogP contribution in [0.15, 0.2) is 54.6 Å². The maximum Gasteiger partial charge on any atom is 0.242 e. The third-order valence-corrected chi connectivity index (χ3v) is 4.96. The van der Waals surface area contributed by atoms with Gasteiger partial charge in [0.05, 0.1) is 6.61 Å². The minimum atomic E-state index is -0.470. The minimum absolute atomic E-state index is 0.0233. The van der Waals surface area contributed by atoms with Crippen molar-refractivity contribution < 1.29 is 14.3 Å². The molecule has 0 saturated heterocycles. The maximum absolute atomic E-state index is 13.1. The van der Waals surface area contributed by atoms with E-state index in [1.54, 1.807) is 4.90 Å². The van der Waals surface area contributed by atoms with E-state index in [-0.39, 0.29) is 11.8 Å². The molecule has 0 radical (unpaired) electrons. The normalized spacial score (nSPS) is 11.6. The van der Waals surface area contributed by atoms with Gasteiger partial charge in [-0.15, -0.1) is 0 Å². The molecule has 0 heterocycles. The first-order chi connectivity index (χ1) is 14.5. The van der Waals surface area contributed by atoms with Crippen molar-refractivity contribution in [3.8, 4) is 5.75 Å². The lowest BCUT2D eigenvalue weighted by atomic mass is 10.1. The van der Waals surface area contributed by atoms with Crippen molar-refractivity contribution in [2.45, 2.75) is 59.0 Å². The molecule has 0 bridgehead atoms. The highest BCUT2D eigenvalue weighted by Gasteiger charge is 2.28. The number of benzene rings is 2. The van der Waals surface area contributed by atoms with Gasteiger partial charge in [-0.1, -0.05) is 61.9 Å². The van der Waals surface area contributed by atoms with Gasteiger partial charge in [0.25, 0.3) is 0 Å². The summed E-state index contributed by atoms with van der Waals surface area (Å²) in [6.07, 6.45) is 2.39. The molecule has 0 saturated carbocycles. The van der Waals surface area contributed by atoms with Gasteiger partial charge in [0, 0.05) is 19.5 Å². The summed E-state index contributed by atoms with van der Waals surface area (Å²) in [5.74, 6) is 0.698. The van der Waals surface area contributed by atoms with Crippen LogP contribution in [0.5, 0.6) is 5.75 Å². The summed E-state index contributed by atoms with van der Waals surface area (Å²) in [5, 5.41) is 2.94. The maximum atomic E-state index is 13.1. The van der Waals surface area contributed by atoms with E-state index in [9.17, 15) is 9.59 Å². The zero-order chi connectivity index (χ0) is 21.8. The molecule has 0 aliphatic heterocycles. The number of ether oxygens (including phenoxy) is 1. The molecule has 1 N–H and O–H groups in total. The Hall–Kier alpha value is -2.82. The SMILES string of the molecule is CCCNC(=O)C(CC)N(Cc1ccccc1)C(=O)CCCOc1ccc(C)cc1. The zero-order valence-electron chi connectivity index (χ0n) is 18.4. The van der Waals surface area contributed by atoms with E-state index in [0.717, 1.165) is 17.7 Å². The van der Waals surface area contributed by atoms with Gasteiger partial charge in [0.15, 0.2) is 0 Å². The number of nitrogens with zero attached hydrogens (tertiary/aromatic N) is 1. The summed E-state index contributed by atoms with van der Waals surface area (Å²) in [6, 6.07) is 17.2. The largest absolute Gasteiger partial charge is 0.494 e. The van der Waals surface area contributed by atoms with Crippen molar-refractivity contribution in [2.24, 2.45) is 0 Å². The topological polar surface area (TPSA) is 58.6 Å². The third-order valence-electron chi connectivity index (χ3n) is 4.96. The van der Waals surface area contributed by atoms with E-state index in [1.807, 2.05) is 75.4 Å². The van der Waals surface area contributed by atoms with Gasteiger partial charge < -0.3 is 15.0 Å². The summed E-state index contributed by atoms with van der Waals surface area (Å²) in [5.41, 5.74) is 2.20. The van der Waals surface area contributed by atoms with Crippen LogP contribution in [-0.2, 0) is 16.1 Å². The summed E-state index contributed by atoms with van der Waals surface area (Å²) in [7, 11) is 0. The highest BCUT2D eigenvalue weighted by molar-refractivity contribution is 5.87. The zero-order valence-corrected chi connectivity index (χ0v) is 18.4. The van der Waals surface area contributed by atoms with Crippen molar-refractivity contribution in [3.05, 3.63) is 65.7 Å². The van der Waals surface area contributed by atoms with Gasteiger partial charge >= 0.3 is 0 Å². The average Bonchev–Trinajstić information content (AvgIpc) is 2.76. The van der Waals surface area contributed by atoms with E-state index >= 15 is 0 Å². The van der Waals surface area contributed by atoms with Crippen molar-refractivity contribution in [2.75, 3.05) is 13.2 Å². The van der Waals surface area contributed by atoms with Crippen LogP contribution in [0.4, 0.5) is 0 Å². The first kappa shape index (κ1) is 23.5. The second-order valence-electron chi connectivity index (χ2n) is 7.49. The van der Waals surface area contributed by atoms with E-state index < -0.39 is 6.04 Å². The average molecular weight is 411 g/mol. The standard InChI is InChI=1S/C25H34N2O3/c1-4-17-26-25(29)23(5-2)27(19-21-10-7-6-8-11-21)24(28)12-9-18-30-22-15-13-20(3)14-16-22/h6-8,10-11,13-16,23H,4-5,9,12,17-19H2,1-3H3,(H,26,29). The molecule has 30 heavy (non-hydrogen) atoms. The molecule has 0 fully saturated rings. The summed E-state index contributed by atoms with van der Waals surface area (Å²) in [4.78, 5) is 27.5. The smallest absolute Gasteiger partial charge is 0.242 e. The molecule has 162 valence electrons. The van der Waals surface area contributed by atoms with Gasteiger partial charge in [-0.3, -0.25) is 9.59 Å². The van der Waals surface area contributed by atoms with Crippen LogP contribution < -0.4 is 10.1 Å². The van der Waals surface area contributed by atoms with Gasteiger partial charge in [0.2, 0.25) is 11.8 Å². The molecule has 0 aromatic heterocycles.